The maximum atomic E-state index is 10.4. The maximum absolute atomic E-state index is 10.4. The van der Waals surface area contributed by atoms with Gasteiger partial charge in [-0.05, 0) is 49.9 Å². The molecule has 1 aliphatic heterocycles. The van der Waals surface area contributed by atoms with E-state index >= 15 is 0 Å². The number of halogens is 1. The van der Waals surface area contributed by atoms with Crippen molar-refractivity contribution in [1.29, 1.82) is 0 Å². The van der Waals surface area contributed by atoms with E-state index in [0.29, 0.717) is 13.2 Å². The van der Waals surface area contributed by atoms with Crippen LogP contribution in [-0.4, -0.2) is 61.0 Å². The van der Waals surface area contributed by atoms with Crippen LogP contribution in [0.5, 0.6) is 0 Å². The Balaban J connectivity index is 1.41. The molecule has 1 N–H and O–H groups in total. The quantitative estimate of drug-likeness (QED) is 0.773. The molecule has 26 heavy (non-hydrogen) atoms. The molecule has 1 aromatic carbocycles. The summed E-state index contributed by atoms with van der Waals surface area (Å²) in [4.78, 5) is 4.65. The van der Waals surface area contributed by atoms with E-state index in [1.807, 2.05) is 12.1 Å². The van der Waals surface area contributed by atoms with Gasteiger partial charge in [0.2, 0.25) is 0 Å². The Morgan fingerprint density at radius 2 is 1.77 bits per heavy atom. The minimum atomic E-state index is -0.496. The molecule has 1 unspecified atom stereocenters. The lowest BCUT2D eigenvalue weighted by Gasteiger charge is -2.37. The monoisotopic (exact) mass is 376 g/mol. The molecule has 0 radical (unpaired) electrons. The third-order valence-corrected chi connectivity index (χ3v) is 5.76. The SMILES string of the molecule is C#CC1(OCC(O)CN2CCN(c3ccc(Cl)cc3)CC2)CCCCC1. The zero-order valence-corrected chi connectivity index (χ0v) is 16.1. The maximum Gasteiger partial charge on any atom is 0.128 e. The molecule has 0 aromatic heterocycles. The van der Waals surface area contributed by atoms with Crippen molar-refractivity contribution in [2.24, 2.45) is 0 Å². The number of nitrogens with zero attached hydrogens (tertiary/aromatic N) is 2. The Morgan fingerprint density at radius 3 is 2.38 bits per heavy atom. The van der Waals surface area contributed by atoms with Gasteiger partial charge in [0.25, 0.3) is 0 Å². The summed E-state index contributed by atoms with van der Waals surface area (Å²) >= 11 is 5.96. The second kappa shape index (κ2) is 9.10. The van der Waals surface area contributed by atoms with E-state index in [0.717, 1.165) is 56.9 Å². The van der Waals surface area contributed by atoms with Crippen LogP contribution in [0.3, 0.4) is 0 Å². The largest absolute Gasteiger partial charge is 0.389 e. The molecule has 142 valence electrons. The van der Waals surface area contributed by atoms with Crippen molar-refractivity contribution in [2.45, 2.75) is 43.8 Å². The first-order valence-corrected chi connectivity index (χ1v) is 10.0. The van der Waals surface area contributed by atoms with E-state index in [2.05, 4.69) is 27.9 Å². The predicted octanol–water partition coefficient (Wildman–Crippen LogP) is 3.18. The van der Waals surface area contributed by atoms with Gasteiger partial charge in [-0.1, -0.05) is 23.9 Å². The standard InChI is InChI=1S/C21H29ClN2O2/c1-2-21(10-4-3-5-11-21)26-17-20(25)16-23-12-14-24(15-13-23)19-8-6-18(22)7-9-19/h1,6-9,20,25H,3-5,10-17H2. The molecule has 1 atom stereocenters. The average molecular weight is 377 g/mol. The molecule has 5 heteroatoms. The fourth-order valence-corrected chi connectivity index (χ4v) is 4.03. The Hall–Kier alpha value is -1.25. The molecule has 0 spiro atoms. The van der Waals surface area contributed by atoms with Crippen LogP contribution in [0, 0.1) is 12.3 Å². The van der Waals surface area contributed by atoms with Crippen molar-refractivity contribution < 1.29 is 9.84 Å². The minimum Gasteiger partial charge on any atom is -0.389 e. The van der Waals surface area contributed by atoms with Gasteiger partial charge in [-0.15, -0.1) is 6.42 Å². The molecule has 0 amide bonds. The number of hydrogen-bond acceptors (Lipinski definition) is 4. The molecule has 2 fully saturated rings. The number of benzene rings is 1. The Labute approximate surface area is 162 Å². The lowest BCUT2D eigenvalue weighted by Crippen LogP contribution is -2.49. The molecule has 3 rings (SSSR count). The van der Waals surface area contributed by atoms with E-state index < -0.39 is 11.7 Å². The first-order chi connectivity index (χ1) is 12.6. The third kappa shape index (κ3) is 5.14. The molecular formula is C21H29ClN2O2. The van der Waals surface area contributed by atoms with Crippen LogP contribution in [0.4, 0.5) is 5.69 Å². The summed E-state index contributed by atoms with van der Waals surface area (Å²) in [6.45, 7) is 4.71. The van der Waals surface area contributed by atoms with E-state index in [1.165, 1.54) is 12.1 Å². The molecule has 1 aromatic rings. The number of aliphatic hydroxyl groups excluding tert-OH is 1. The Kier molecular flexibility index (Phi) is 6.83. The van der Waals surface area contributed by atoms with Gasteiger partial charge in [0.1, 0.15) is 5.60 Å². The van der Waals surface area contributed by atoms with Gasteiger partial charge < -0.3 is 14.7 Å². The summed E-state index contributed by atoms with van der Waals surface area (Å²) in [7, 11) is 0. The highest BCUT2D eigenvalue weighted by molar-refractivity contribution is 6.30. The number of ether oxygens (including phenoxy) is 1. The summed E-state index contributed by atoms with van der Waals surface area (Å²) in [6.07, 6.45) is 10.5. The van der Waals surface area contributed by atoms with E-state index in [4.69, 9.17) is 22.8 Å². The number of β-amino-alcohol motifs (C(OH)–C–C–N with tert-alkyl or cyclic N) is 1. The lowest BCUT2D eigenvalue weighted by atomic mass is 9.85. The molecule has 1 saturated carbocycles. The van der Waals surface area contributed by atoms with Crippen LogP contribution >= 0.6 is 11.6 Å². The van der Waals surface area contributed by atoms with Crippen molar-refractivity contribution in [3.8, 4) is 12.3 Å². The number of aliphatic hydroxyl groups is 1. The Bertz CT molecular complexity index is 599. The second-order valence-corrected chi connectivity index (χ2v) is 7.86. The molecule has 1 saturated heterocycles. The normalized spacial score (nSPS) is 22.0. The number of rotatable bonds is 6. The fraction of sp³-hybridized carbons (Fsp3) is 0.619. The zero-order chi connectivity index (χ0) is 18.4. The molecular weight excluding hydrogens is 348 g/mol. The van der Waals surface area contributed by atoms with Crippen molar-refractivity contribution in [1.82, 2.24) is 4.90 Å². The van der Waals surface area contributed by atoms with Crippen LogP contribution in [0.15, 0.2) is 24.3 Å². The highest BCUT2D eigenvalue weighted by atomic mass is 35.5. The van der Waals surface area contributed by atoms with Crippen LogP contribution in [0.1, 0.15) is 32.1 Å². The zero-order valence-electron chi connectivity index (χ0n) is 15.4. The minimum absolute atomic E-state index is 0.321. The predicted molar refractivity (Wildman–Crippen MR) is 107 cm³/mol. The van der Waals surface area contributed by atoms with E-state index in [-0.39, 0.29) is 0 Å². The van der Waals surface area contributed by atoms with Crippen molar-refractivity contribution in [3.63, 3.8) is 0 Å². The number of hydrogen-bond donors (Lipinski definition) is 1. The van der Waals surface area contributed by atoms with Crippen molar-refractivity contribution in [2.75, 3.05) is 44.2 Å². The lowest BCUT2D eigenvalue weighted by molar-refractivity contribution is -0.0698. The van der Waals surface area contributed by atoms with Gasteiger partial charge in [-0.3, -0.25) is 4.90 Å². The van der Waals surface area contributed by atoms with Gasteiger partial charge in [0.05, 0.1) is 12.7 Å². The smallest absolute Gasteiger partial charge is 0.128 e. The summed E-state index contributed by atoms with van der Waals surface area (Å²) in [5.41, 5.74) is 0.748. The topological polar surface area (TPSA) is 35.9 Å². The summed E-state index contributed by atoms with van der Waals surface area (Å²) in [6, 6.07) is 7.97. The van der Waals surface area contributed by atoms with Gasteiger partial charge in [-0.25, -0.2) is 0 Å². The van der Waals surface area contributed by atoms with E-state index in [9.17, 15) is 5.11 Å². The van der Waals surface area contributed by atoms with Gasteiger partial charge in [-0.2, -0.15) is 0 Å². The molecule has 0 bridgehead atoms. The van der Waals surface area contributed by atoms with Crippen LogP contribution in [0.2, 0.25) is 5.02 Å². The third-order valence-electron chi connectivity index (χ3n) is 5.51. The highest BCUT2D eigenvalue weighted by Gasteiger charge is 2.31. The fourth-order valence-electron chi connectivity index (χ4n) is 3.90. The van der Waals surface area contributed by atoms with Crippen molar-refractivity contribution in [3.05, 3.63) is 29.3 Å². The first kappa shape index (κ1) is 19.5. The van der Waals surface area contributed by atoms with Crippen LogP contribution in [-0.2, 0) is 4.74 Å². The molecule has 2 aliphatic rings. The summed E-state index contributed by atoms with van der Waals surface area (Å²) in [5, 5.41) is 11.2. The molecule has 1 aliphatic carbocycles. The van der Waals surface area contributed by atoms with Gasteiger partial charge in [0, 0.05) is 43.4 Å². The Morgan fingerprint density at radius 1 is 1.12 bits per heavy atom. The molecule has 4 nitrogen and oxygen atoms in total. The summed E-state index contributed by atoms with van der Waals surface area (Å²) < 4.78 is 5.99. The highest BCUT2D eigenvalue weighted by Crippen LogP contribution is 2.31. The second-order valence-electron chi connectivity index (χ2n) is 7.43. The summed E-state index contributed by atoms with van der Waals surface area (Å²) in [5.74, 6) is 2.84. The first-order valence-electron chi connectivity index (χ1n) is 9.63. The average Bonchev–Trinajstić information content (AvgIpc) is 2.68. The van der Waals surface area contributed by atoms with Gasteiger partial charge in [0.15, 0.2) is 0 Å². The van der Waals surface area contributed by atoms with Gasteiger partial charge >= 0.3 is 0 Å². The molecule has 1 heterocycles. The number of terminal acetylenes is 1. The van der Waals surface area contributed by atoms with Crippen LogP contribution in [0.25, 0.3) is 0 Å². The van der Waals surface area contributed by atoms with Crippen LogP contribution < -0.4 is 4.90 Å². The van der Waals surface area contributed by atoms with E-state index in [1.54, 1.807) is 0 Å². The number of anilines is 1. The van der Waals surface area contributed by atoms with Crippen molar-refractivity contribution >= 4 is 17.3 Å². The number of piperazine rings is 1.